The minimum Gasteiger partial charge on any atom is -0.356 e. The fraction of sp³-hybridized carbons (Fsp3) is 0.278. The zero-order valence-corrected chi connectivity index (χ0v) is 23.6. The van der Waals surface area contributed by atoms with E-state index in [2.05, 4.69) is 96.5 Å². The molecule has 0 aliphatic carbocycles. The first kappa shape index (κ1) is 27.4. The van der Waals surface area contributed by atoms with Gasteiger partial charge in [-0.15, -0.1) is 0 Å². The first-order valence-electron chi connectivity index (χ1n) is 14.5. The summed E-state index contributed by atoms with van der Waals surface area (Å²) in [6, 6.07) is 36.0. The van der Waals surface area contributed by atoms with Crippen molar-refractivity contribution >= 4 is 16.9 Å². The number of carbonyl (C=O) groups excluding carboxylic acids is 1. The van der Waals surface area contributed by atoms with Crippen LogP contribution in [-0.2, 0) is 24.2 Å². The molecule has 1 aromatic heterocycles. The van der Waals surface area contributed by atoms with Gasteiger partial charge in [0.05, 0.1) is 17.5 Å². The van der Waals surface area contributed by atoms with Gasteiger partial charge in [0.1, 0.15) is 5.82 Å². The molecule has 0 atom stereocenters. The number of unbranched alkanes of at least 4 members (excludes halogenated alkanes) is 2. The molecule has 0 spiro atoms. The van der Waals surface area contributed by atoms with Crippen LogP contribution in [0.3, 0.4) is 0 Å². The Morgan fingerprint density at radius 3 is 2.17 bits per heavy atom. The third-order valence-electron chi connectivity index (χ3n) is 7.55. The summed E-state index contributed by atoms with van der Waals surface area (Å²) in [6.45, 7) is 6.00. The molecule has 1 N–H and O–H groups in total. The first-order valence-corrected chi connectivity index (χ1v) is 14.5. The van der Waals surface area contributed by atoms with Crippen molar-refractivity contribution in [2.75, 3.05) is 6.54 Å². The number of para-hydroxylation sites is 2. The quantitative estimate of drug-likeness (QED) is 0.167. The standard InChI is InChI=1S/C36H39N3O/c1-27(2)30-20-18-29(19-21-30)26-39-34-14-9-8-13-33(34)38-35(39)15-7-4-10-24-37-36(40)25-28-16-22-32(23-17-28)31-11-5-3-6-12-31/h3,5-6,8-9,11-14,16-23,27H,4,7,10,15,24-26H2,1-2H3,(H,37,40). The number of aromatic nitrogens is 2. The van der Waals surface area contributed by atoms with Gasteiger partial charge in [-0.2, -0.15) is 0 Å². The molecule has 0 unspecified atom stereocenters. The summed E-state index contributed by atoms with van der Waals surface area (Å²) >= 11 is 0. The lowest BCUT2D eigenvalue weighted by Gasteiger charge is -2.11. The number of hydrogen-bond acceptors (Lipinski definition) is 2. The molecule has 0 bridgehead atoms. The summed E-state index contributed by atoms with van der Waals surface area (Å²) in [4.78, 5) is 17.4. The second-order valence-electron chi connectivity index (χ2n) is 10.9. The van der Waals surface area contributed by atoms with Crippen LogP contribution in [0.15, 0.2) is 103 Å². The van der Waals surface area contributed by atoms with Crippen LogP contribution < -0.4 is 5.32 Å². The van der Waals surface area contributed by atoms with E-state index in [1.54, 1.807) is 0 Å². The van der Waals surface area contributed by atoms with Gasteiger partial charge < -0.3 is 9.88 Å². The van der Waals surface area contributed by atoms with Crippen LogP contribution in [0.5, 0.6) is 0 Å². The fourth-order valence-corrected chi connectivity index (χ4v) is 5.19. The van der Waals surface area contributed by atoms with Crippen molar-refractivity contribution < 1.29 is 4.79 Å². The Morgan fingerprint density at radius 1 is 0.750 bits per heavy atom. The molecule has 0 saturated heterocycles. The molecule has 0 radical (unpaired) electrons. The molecule has 1 amide bonds. The third kappa shape index (κ3) is 7.06. The molecule has 0 aliphatic rings. The molecule has 5 aromatic rings. The van der Waals surface area contributed by atoms with Crippen molar-refractivity contribution in [1.82, 2.24) is 14.9 Å². The number of fused-ring (bicyclic) bond motifs is 1. The molecule has 4 heteroatoms. The van der Waals surface area contributed by atoms with Crippen LogP contribution in [0.25, 0.3) is 22.2 Å². The lowest BCUT2D eigenvalue weighted by molar-refractivity contribution is -0.120. The zero-order chi connectivity index (χ0) is 27.7. The van der Waals surface area contributed by atoms with E-state index in [1.807, 2.05) is 30.3 Å². The monoisotopic (exact) mass is 529 g/mol. The molecule has 0 aliphatic heterocycles. The summed E-state index contributed by atoms with van der Waals surface area (Å²) < 4.78 is 2.37. The average molecular weight is 530 g/mol. The molecule has 0 fully saturated rings. The van der Waals surface area contributed by atoms with Crippen molar-refractivity contribution in [3.05, 3.63) is 126 Å². The van der Waals surface area contributed by atoms with E-state index < -0.39 is 0 Å². The van der Waals surface area contributed by atoms with E-state index in [-0.39, 0.29) is 5.91 Å². The van der Waals surface area contributed by atoms with E-state index in [0.29, 0.717) is 18.9 Å². The summed E-state index contributed by atoms with van der Waals surface area (Å²) in [7, 11) is 0. The summed E-state index contributed by atoms with van der Waals surface area (Å²) in [5.74, 6) is 1.75. The SMILES string of the molecule is CC(C)c1ccc(Cn2c(CCCCCNC(=O)Cc3ccc(-c4ccccc4)cc3)nc3ccccc32)cc1. The van der Waals surface area contributed by atoms with Crippen molar-refractivity contribution in [3.8, 4) is 11.1 Å². The Morgan fingerprint density at radius 2 is 1.43 bits per heavy atom. The summed E-state index contributed by atoms with van der Waals surface area (Å²) in [6.07, 6.45) is 4.41. The topological polar surface area (TPSA) is 46.9 Å². The van der Waals surface area contributed by atoms with Crippen molar-refractivity contribution in [2.45, 2.75) is 58.4 Å². The van der Waals surface area contributed by atoms with Gasteiger partial charge in [-0.25, -0.2) is 4.98 Å². The highest BCUT2D eigenvalue weighted by Crippen LogP contribution is 2.22. The molecule has 4 aromatic carbocycles. The minimum atomic E-state index is 0.0812. The number of hydrogen-bond donors (Lipinski definition) is 1. The Bertz CT molecular complexity index is 1520. The maximum Gasteiger partial charge on any atom is 0.224 e. The van der Waals surface area contributed by atoms with Crippen LogP contribution in [0, 0.1) is 0 Å². The number of aryl methyl sites for hydroxylation is 1. The lowest BCUT2D eigenvalue weighted by atomic mass is 10.0. The number of nitrogens with one attached hydrogen (secondary N) is 1. The highest BCUT2D eigenvalue weighted by Gasteiger charge is 2.11. The molecule has 204 valence electrons. The fourth-order valence-electron chi connectivity index (χ4n) is 5.19. The van der Waals surface area contributed by atoms with E-state index in [9.17, 15) is 4.79 Å². The maximum atomic E-state index is 12.5. The number of carbonyl (C=O) groups is 1. The van der Waals surface area contributed by atoms with E-state index in [1.165, 1.54) is 27.8 Å². The Hall–Kier alpha value is -4.18. The predicted molar refractivity (Wildman–Crippen MR) is 166 cm³/mol. The zero-order valence-electron chi connectivity index (χ0n) is 23.6. The van der Waals surface area contributed by atoms with Crippen molar-refractivity contribution in [1.29, 1.82) is 0 Å². The van der Waals surface area contributed by atoms with Gasteiger partial charge in [-0.1, -0.05) is 111 Å². The maximum absolute atomic E-state index is 12.5. The number of nitrogens with zero attached hydrogens (tertiary/aromatic N) is 2. The molecule has 0 saturated carbocycles. The molecule has 4 nitrogen and oxygen atoms in total. The van der Waals surface area contributed by atoms with Gasteiger partial charge in [0.25, 0.3) is 0 Å². The predicted octanol–water partition coefficient (Wildman–Crippen LogP) is 7.95. The minimum absolute atomic E-state index is 0.0812. The number of imidazole rings is 1. The highest BCUT2D eigenvalue weighted by molar-refractivity contribution is 5.79. The molecular formula is C36H39N3O. The largest absolute Gasteiger partial charge is 0.356 e. The van der Waals surface area contributed by atoms with E-state index in [4.69, 9.17) is 4.98 Å². The second kappa shape index (κ2) is 13.3. The van der Waals surface area contributed by atoms with Crippen LogP contribution in [0.1, 0.15) is 61.5 Å². The van der Waals surface area contributed by atoms with E-state index >= 15 is 0 Å². The number of amides is 1. The van der Waals surface area contributed by atoms with Gasteiger partial charge in [0.15, 0.2) is 0 Å². The number of benzene rings is 4. The lowest BCUT2D eigenvalue weighted by Crippen LogP contribution is -2.26. The van der Waals surface area contributed by atoms with Crippen LogP contribution in [0.4, 0.5) is 0 Å². The van der Waals surface area contributed by atoms with Gasteiger partial charge in [0, 0.05) is 19.5 Å². The third-order valence-corrected chi connectivity index (χ3v) is 7.55. The average Bonchev–Trinajstić information content (AvgIpc) is 3.33. The summed E-state index contributed by atoms with van der Waals surface area (Å²) in [5.41, 5.74) is 8.31. The smallest absolute Gasteiger partial charge is 0.224 e. The van der Waals surface area contributed by atoms with Crippen LogP contribution in [0.2, 0.25) is 0 Å². The van der Waals surface area contributed by atoms with Gasteiger partial charge in [0.2, 0.25) is 5.91 Å². The number of rotatable bonds is 12. The van der Waals surface area contributed by atoms with Crippen molar-refractivity contribution in [2.24, 2.45) is 0 Å². The van der Waals surface area contributed by atoms with Gasteiger partial charge >= 0.3 is 0 Å². The Kier molecular flexibility index (Phi) is 9.07. The molecule has 40 heavy (non-hydrogen) atoms. The summed E-state index contributed by atoms with van der Waals surface area (Å²) in [5, 5.41) is 3.09. The molecule has 5 rings (SSSR count). The Balaban J connectivity index is 1.08. The molecular weight excluding hydrogens is 490 g/mol. The Labute approximate surface area is 238 Å². The van der Waals surface area contributed by atoms with Gasteiger partial charge in [-0.3, -0.25) is 4.79 Å². The normalized spacial score (nSPS) is 11.3. The molecule has 1 heterocycles. The van der Waals surface area contributed by atoms with Gasteiger partial charge in [-0.05, 0) is 58.7 Å². The van der Waals surface area contributed by atoms with Crippen LogP contribution in [-0.4, -0.2) is 22.0 Å². The van der Waals surface area contributed by atoms with E-state index in [0.717, 1.165) is 49.1 Å². The van der Waals surface area contributed by atoms with Crippen LogP contribution >= 0.6 is 0 Å². The second-order valence-corrected chi connectivity index (χ2v) is 10.9. The highest BCUT2D eigenvalue weighted by atomic mass is 16.1. The van der Waals surface area contributed by atoms with Crippen molar-refractivity contribution in [3.63, 3.8) is 0 Å². The first-order chi connectivity index (χ1) is 19.6.